The Labute approximate surface area is 181 Å². The number of carbonyl (C=O) groups excluding carboxylic acids is 1. The maximum atomic E-state index is 13.8. The van der Waals surface area contributed by atoms with Gasteiger partial charge in [-0.1, -0.05) is 6.07 Å². The zero-order chi connectivity index (χ0) is 22.1. The van der Waals surface area contributed by atoms with Crippen molar-refractivity contribution in [2.75, 3.05) is 33.6 Å². The number of piperidine rings is 1. The Morgan fingerprint density at radius 1 is 1.32 bits per heavy atom. The summed E-state index contributed by atoms with van der Waals surface area (Å²) in [7, 11) is 1.49. The van der Waals surface area contributed by atoms with Crippen LogP contribution in [-0.4, -0.2) is 61.2 Å². The lowest BCUT2D eigenvalue weighted by molar-refractivity contribution is -0.0470. The number of rotatable bonds is 6. The maximum Gasteiger partial charge on any atom is 0.254 e. The highest BCUT2D eigenvalue weighted by Crippen LogP contribution is 2.42. The van der Waals surface area contributed by atoms with Crippen molar-refractivity contribution in [3.05, 3.63) is 53.9 Å². The summed E-state index contributed by atoms with van der Waals surface area (Å²) in [6.07, 6.45) is 2.03. The third-order valence-electron chi connectivity index (χ3n) is 5.61. The number of hydrogen-bond donors (Lipinski definition) is 0. The fourth-order valence-corrected chi connectivity index (χ4v) is 3.99. The van der Waals surface area contributed by atoms with E-state index in [9.17, 15) is 9.18 Å². The highest BCUT2D eigenvalue weighted by molar-refractivity contribution is 5.95. The first-order valence-electron chi connectivity index (χ1n) is 10.3. The first-order chi connectivity index (χ1) is 14.8. The van der Waals surface area contributed by atoms with Crippen LogP contribution >= 0.6 is 0 Å². The SMILES string of the molecule is COc1cc(C(=O)N2CC[C@]3(c4ccccn4)OCOC3C2)ccc1OCC(C)(C)F. The number of benzene rings is 1. The fraction of sp³-hybridized carbons (Fsp3) is 0.478. The number of hydrogen-bond acceptors (Lipinski definition) is 6. The van der Waals surface area contributed by atoms with Gasteiger partial charge in [0.05, 0.1) is 19.3 Å². The van der Waals surface area contributed by atoms with Gasteiger partial charge >= 0.3 is 0 Å². The van der Waals surface area contributed by atoms with Crippen LogP contribution in [0.1, 0.15) is 36.3 Å². The lowest BCUT2D eigenvalue weighted by Crippen LogP contribution is -2.53. The second-order valence-electron chi connectivity index (χ2n) is 8.40. The molecule has 2 aliphatic rings. The number of carbonyl (C=O) groups is 1. The Balaban J connectivity index is 1.49. The standard InChI is InChI=1S/C23H27FN2O5/c1-22(2,24)14-29-17-8-7-16(12-18(17)28-3)21(27)26-11-9-23(19-6-4-5-10-25-19)20(13-26)30-15-31-23/h4-8,10,12,20H,9,11,13-15H2,1-3H3/t20?,23-/m1/s1. The maximum absolute atomic E-state index is 13.8. The molecule has 1 aromatic carbocycles. The van der Waals surface area contributed by atoms with Gasteiger partial charge in [0.15, 0.2) is 11.5 Å². The predicted octanol–water partition coefficient (Wildman–Crippen LogP) is 3.33. The van der Waals surface area contributed by atoms with Crippen molar-refractivity contribution in [3.8, 4) is 11.5 Å². The van der Waals surface area contributed by atoms with Gasteiger partial charge in [0.2, 0.25) is 0 Å². The number of ether oxygens (including phenoxy) is 4. The largest absolute Gasteiger partial charge is 0.493 e. The molecule has 0 aliphatic carbocycles. The lowest BCUT2D eigenvalue weighted by atomic mass is 9.85. The van der Waals surface area contributed by atoms with Crippen LogP contribution in [0.2, 0.25) is 0 Å². The first kappa shape index (κ1) is 21.5. The molecule has 3 heterocycles. The van der Waals surface area contributed by atoms with Crippen LogP contribution in [-0.2, 0) is 15.1 Å². The molecular weight excluding hydrogens is 403 g/mol. The predicted molar refractivity (Wildman–Crippen MR) is 111 cm³/mol. The molecule has 166 valence electrons. The average molecular weight is 430 g/mol. The molecule has 8 heteroatoms. The number of aromatic nitrogens is 1. The van der Waals surface area contributed by atoms with Gasteiger partial charge in [-0.05, 0) is 44.2 Å². The molecule has 2 saturated heterocycles. The summed E-state index contributed by atoms with van der Waals surface area (Å²) in [5.74, 6) is 0.640. The van der Waals surface area contributed by atoms with Crippen molar-refractivity contribution in [3.63, 3.8) is 0 Å². The number of likely N-dealkylation sites (tertiary alicyclic amines) is 1. The van der Waals surface area contributed by atoms with Crippen molar-refractivity contribution in [2.24, 2.45) is 0 Å². The number of pyridine rings is 1. The highest BCUT2D eigenvalue weighted by atomic mass is 19.1. The molecule has 1 unspecified atom stereocenters. The van der Waals surface area contributed by atoms with Crippen LogP contribution in [0.25, 0.3) is 0 Å². The van der Waals surface area contributed by atoms with Gasteiger partial charge in [0.25, 0.3) is 5.91 Å². The van der Waals surface area contributed by atoms with E-state index in [1.807, 2.05) is 18.2 Å². The molecule has 2 atom stereocenters. The molecule has 31 heavy (non-hydrogen) atoms. The van der Waals surface area contributed by atoms with Crippen LogP contribution < -0.4 is 9.47 Å². The topological polar surface area (TPSA) is 70.1 Å². The quantitative estimate of drug-likeness (QED) is 0.700. The molecule has 1 aromatic heterocycles. The van der Waals surface area contributed by atoms with Crippen LogP contribution in [0.15, 0.2) is 42.6 Å². The number of nitrogens with zero attached hydrogens (tertiary/aromatic N) is 2. The van der Waals surface area contributed by atoms with Crippen LogP contribution in [0.4, 0.5) is 4.39 Å². The van der Waals surface area contributed by atoms with E-state index in [0.29, 0.717) is 36.6 Å². The van der Waals surface area contributed by atoms with Gasteiger partial charge < -0.3 is 23.8 Å². The smallest absolute Gasteiger partial charge is 0.254 e. The molecule has 7 nitrogen and oxygen atoms in total. The Morgan fingerprint density at radius 2 is 2.16 bits per heavy atom. The summed E-state index contributed by atoms with van der Waals surface area (Å²) in [5.41, 5.74) is -0.819. The Bertz CT molecular complexity index is 933. The van der Waals surface area contributed by atoms with E-state index in [-0.39, 0.29) is 25.4 Å². The molecule has 0 radical (unpaired) electrons. The third kappa shape index (κ3) is 4.36. The Kier molecular flexibility index (Phi) is 5.85. The molecule has 0 N–H and O–H groups in total. The van der Waals surface area contributed by atoms with E-state index in [1.165, 1.54) is 21.0 Å². The first-order valence-corrected chi connectivity index (χ1v) is 10.3. The van der Waals surface area contributed by atoms with Gasteiger partial charge in [-0.15, -0.1) is 0 Å². The van der Waals surface area contributed by atoms with E-state index < -0.39 is 11.3 Å². The monoisotopic (exact) mass is 430 g/mol. The van der Waals surface area contributed by atoms with E-state index in [2.05, 4.69) is 4.98 Å². The highest BCUT2D eigenvalue weighted by Gasteiger charge is 2.52. The minimum Gasteiger partial charge on any atom is -0.493 e. The minimum atomic E-state index is -1.48. The molecule has 1 amide bonds. The lowest BCUT2D eigenvalue weighted by Gasteiger charge is -2.41. The van der Waals surface area contributed by atoms with Crippen LogP contribution in [0.5, 0.6) is 11.5 Å². The molecular formula is C23H27FN2O5. The molecule has 2 aromatic rings. The van der Waals surface area contributed by atoms with E-state index in [0.717, 1.165) is 5.69 Å². The summed E-state index contributed by atoms with van der Waals surface area (Å²) >= 11 is 0. The van der Waals surface area contributed by atoms with Crippen molar-refractivity contribution >= 4 is 5.91 Å². The number of amides is 1. The number of halogens is 1. The molecule has 0 bridgehead atoms. The Morgan fingerprint density at radius 3 is 2.87 bits per heavy atom. The number of alkyl halides is 1. The summed E-state index contributed by atoms with van der Waals surface area (Å²) in [6, 6.07) is 10.6. The van der Waals surface area contributed by atoms with E-state index in [1.54, 1.807) is 29.3 Å². The van der Waals surface area contributed by atoms with Crippen LogP contribution in [0.3, 0.4) is 0 Å². The molecule has 0 spiro atoms. The van der Waals surface area contributed by atoms with Gasteiger partial charge in [0, 0.05) is 24.7 Å². The van der Waals surface area contributed by atoms with Gasteiger partial charge in [-0.3, -0.25) is 9.78 Å². The molecule has 0 saturated carbocycles. The summed E-state index contributed by atoms with van der Waals surface area (Å²) in [5, 5.41) is 0. The van der Waals surface area contributed by atoms with Crippen molar-refractivity contribution < 1.29 is 28.1 Å². The third-order valence-corrected chi connectivity index (χ3v) is 5.61. The summed E-state index contributed by atoms with van der Waals surface area (Å²) in [6.45, 7) is 3.84. The van der Waals surface area contributed by atoms with Gasteiger partial charge in [-0.25, -0.2) is 4.39 Å². The normalized spacial score (nSPS) is 23.4. The van der Waals surface area contributed by atoms with Crippen molar-refractivity contribution in [1.82, 2.24) is 9.88 Å². The number of methoxy groups -OCH3 is 1. The minimum absolute atomic E-state index is 0.114. The van der Waals surface area contributed by atoms with Gasteiger partial charge in [0.1, 0.15) is 30.8 Å². The summed E-state index contributed by atoms with van der Waals surface area (Å²) < 4.78 is 36.5. The van der Waals surface area contributed by atoms with Gasteiger partial charge in [-0.2, -0.15) is 0 Å². The fourth-order valence-electron chi connectivity index (χ4n) is 3.99. The summed E-state index contributed by atoms with van der Waals surface area (Å²) in [4.78, 5) is 19.4. The molecule has 2 aliphatic heterocycles. The molecule has 2 fully saturated rings. The number of fused-ring (bicyclic) bond motifs is 1. The average Bonchev–Trinajstić information content (AvgIpc) is 3.21. The zero-order valence-corrected chi connectivity index (χ0v) is 18.0. The zero-order valence-electron chi connectivity index (χ0n) is 18.0. The van der Waals surface area contributed by atoms with Crippen molar-refractivity contribution in [1.29, 1.82) is 0 Å². The second kappa shape index (κ2) is 8.43. The van der Waals surface area contributed by atoms with Crippen molar-refractivity contribution in [2.45, 2.75) is 37.6 Å². The van der Waals surface area contributed by atoms with Crippen LogP contribution in [0, 0.1) is 0 Å². The molecule has 4 rings (SSSR count). The van der Waals surface area contributed by atoms with E-state index in [4.69, 9.17) is 18.9 Å². The second-order valence-corrected chi connectivity index (χ2v) is 8.40. The Hall–Kier alpha value is -2.71. The van der Waals surface area contributed by atoms with E-state index >= 15 is 0 Å².